The summed E-state index contributed by atoms with van der Waals surface area (Å²) in [6.45, 7) is 5.82. The fourth-order valence-corrected chi connectivity index (χ4v) is 1.06. The highest BCUT2D eigenvalue weighted by Gasteiger charge is 2.04. The second-order valence-electron chi connectivity index (χ2n) is 3.91. The zero-order valence-electron chi connectivity index (χ0n) is 8.64. The molecule has 0 aromatic carbocycles. The Morgan fingerprint density at radius 3 is 2.33 bits per heavy atom. The van der Waals surface area contributed by atoms with Crippen LogP contribution in [0.25, 0.3) is 0 Å². The summed E-state index contributed by atoms with van der Waals surface area (Å²) in [5.41, 5.74) is -0.634. The average Bonchev–Trinajstić information content (AvgIpc) is 1.94. The molecular formula is C11H22O. The number of hydrogen-bond acceptors (Lipinski definition) is 1. The van der Waals surface area contributed by atoms with Crippen molar-refractivity contribution in [1.82, 2.24) is 0 Å². The molecule has 0 fully saturated rings. The molecule has 0 aliphatic carbocycles. The monoisotopic (exact) mass is 170 g/mol. The normalized spacial score (nSPS) is 12.7. The second-order valence-corrected chi connectivity index (χ2v) is 3.91. The van der Waals surface area contributed by atoms with Gasteiger partial charge < -0.3 is 5.11 Å². The summed E-state index contributed by atoms with van der Waals surface area (Å²) < 4.78 is 0. The lowest BCUT2D eigenvalue weighted by atomic mass is 10.1. The van der Waals surface area contributed by atoms with Crippen molar-refractivity contribution in [1.29, 1.82) is 0 Å². The lowest BCUT2D eigenvalue weighted by Crippen LogP contribution is -2.13. The molecule has 0 aromatic rings. The summed E-state index contributed by atoms with van der Waals surface area (Å²) in [5.74, 6) is 0. The molecule has 0 aliphatic heterocycles. The predicted octanol–water partition coefficient (Wildman–Crippen LogP) is 3.28. The van der Waals surface area contributed by atoms with E-state index in [1.807, 2.05) is 6.08 Å². The Kier molecular flexibility index (Phi) is 6.09. The van der Waals surface area contributed by atoms with Crippen LogP contribution >= 0.6 is 0 Å². The minimum atomic E-state index is -0.634. The van der Waals surface area contributed by atoms with Crippen molar-refractivity contribution in [3.05, 3.63) is 12.2 Å². The van der Waals surface area contributed by atoms with Crippen molar-refractivity contribution in [2.45, 2.75) is 58.5 Å². The molecule has 0 amide bonds. The fraction of sp³-hybridized carbons (Fsp3) is 0.818. The standard InChI is InChI=1S/C11H22O/c1-4-5-6-7-8-9-10-11(2,3)12/h9-10,12H,4-8H2,1-3H3/b10-9-. The lowest BCUT2D eigenvalue weighted by molar-refractivity contribution is 0.133. The third-order valence-electron chi connectivity index (χ3n) is 1.75. The fourth-order valence-electron chi connectivity index (χ4n) is 1.06. The number of allylic oxidation sites excluding steroid dienone is 1. The van der Waals surface area contributed by atoms with Gasteiger partial charge >= 0.3 is 0 Å². The van der Waals surface area contributed by atoms with Crippen molar-refractivity contribution in [3.63, 3.8) is 0 Å². The van der Waals surface area contributed by atoms with Crippen LogP contribution in [0.4, 0.5) is 0 Å². The van der Waals surface area contributed by atoms with Crippen LogP contribution in [-0.4, -0.2) is 10.7 Å². The molecule has 0 aliphatic rings. The molecule has 1 heteroatoms. The highest BCUT2D eigenvalue weighted by atomic mass is 16.3. The van der Waals surface area contributed by atoms with Crippen molar-refractivity contribution in [2.24, 2.45) is 0 Å². The van der Waals surface area contributed by atoms with Gasteiger partial charge in [-0.1, -0.05) is 38.3 Å². The van der Waals surface area contributed by atoms with E-state index in [0.29, 0.717) is 0 Å². The van der Waals surface area contributed by atoms with Crippen molar-refractivity contribution in [3.8, 4) is 0 Å². The van der Waals surface area contributed by atoms with Gasteiger partial charge in [0.25, 0.3) is 0 Å². The zero-order valence-corrected chi connectivity index (χ0v) is 8.64. The zero-order chi connectivity index (χ0) is 9.45. The Morgan fingerprint density at radius 2 is 1.83 bits per heavy atom. The first-order chi connectivity index (χ1) is 5.56. The summed E-state index contributed by atoms with van der Waals surface area (Å²) >= 11 is 0. The summed E-state index contributed by atoms with van der Waals surface area (Å²) in [7, 11) is 0. The molecular weight excluding hydrogens is 148 g/mol. The summed E-state index contributed by atoms with van der Waals surface area (Å²) in [6.07, 6.45) is 10.2. The number of rotatable bonds is 6. The van der Waals surface area contributed by atoms with Gasteiger partial charge in [-0.05, 0) is 26.7 Å². The van der Waals surface area contributed by atoms with Gasteiger partial charge in [0.1, 0.15) is 0 Å². The maximum atomic E-state index is 9.33. The summed E-state index contributed by atoms with van der Waals surface area (Å²) in [6, 6.07) is 0. The molecule has 0 aromatic heterocycles. The largest absolute Gasteiger partial charge is 0.386 e. The van der Waals surface area contributed by atoms with Gasteiger partial charge in [0.2, 0.25) is 0 Å². The molecule has 0 bridgehead atoms. The van der Waals surface area contributed by atoms with E-state index in [0.717, 1.165) is 6.42 Å². The third-order valence-corrected chi connectivity index (χ3v) is 1.75. The van der Waals surface area contributed by atoms with E-state index in [1.165, 1.54) is 25.7 Å². The van der Waals surface area contributed by atoms with Crippen molar-refractivity contribution in [2.75, 3.05) is 0 Å². The van der Waals surface area contributed by atoms with Gasteiger partial charge in [-0.3, -0.25) is 0 Å². The SMILES string of the molecule is CCCCCC/C=C\C(C)(C)O. The Hall–Kier alpha value is -0.300. The van der Waals surface area contributed by atoms with Crippen molar-refractivity contribution < 1.29 is 5.11 Å². The molecule has 0 saturated carbocycles. The first kappa shape index (κ1) is 11.7. The topological polar surface area (TPSA) is 20.2 Å². The maximum Gasteiger partial charge on any atom is 0.0771 e. The molecule has 0 rings (SSSR count). The number of unbranched alkanes of at least 4 members (excludes halogenated alkanes) is 4. The Bertz CT molecular complexity index is 119. The van der Waals surface area contributed by atoms with E-state index >= 15 is 0 Å². The molecule has 0 saturated heterocycles. The first-order valence-corrected chi connectivity index (χ1v) is 4.96. The van der Waals surface area contributed by atoms with Gasteiger partial charge in [-0.25, -0.2) is 0 Å². The van der Waals surface area contributed by atoms with Gasteiger partial charge in [0.15, 0.2) is 0 Å². The Labute approximate surface area is 76.5 Å². The summed E-state index contributed by atoms with van der Waals surface area (Å²) in [5, 5.41) is 9.33. The maximum absolute atomic E-state index is 9.33. The van der Waals surface area contributed by atoms with Gasteiger partial charge in [-0.15, -0.1) is 0 Å². The van der Waals surface area contributed by atoms with E-state index in [1.54, 1.807) is 13.8 Å². The molecule has 0 unspecified atom stereocenters. The van der Waals surface area contributed by atoms with Crippen LogP contribution in [0.15, 0.2) is 12.2 Å². The van der Waals surface area contributed by atoms with E-state index in [2.05, 4.69) is 13.0 Å². The molecule has 1 nitrogen and oxygen atoms in total. The van der Waals surface area contributed by atoms with Crippen LogP contribution in [0.1, 0.15) is 52.9 Å². The van der Waals surface area contributed by atoms with E-state index in [-0.39, 0.29) is 0 Å². The Morgan fingerprint density at radius 1 is 1.17 bits per heavy atom. The van der Waals surface area contributed by atoms with E-state index < -0.39 is 5.60 Å². The second kappa shape index (κ2) is 6.24. The van der Waals surface area contributed by atoms with Crippen LogP contribution in [0.2, 0.25) is 0 Å². The molecule has 72 valence electrons. The minimum absolute atomic E-state index is 0.634. The van der Waals surface area contributed by atoms with E-state index in [9.17, 15) is 5.11 Å². The average molecular weight is 170 g/mol. The number of aliphatic hydroxyl groups is 1. The van der Waals surface area contributed by atoms with Crippen LogP contribution in [0, 0.1) is 0 Å². The molecule has 1 N–H and O–H groups in total. The predicted molar refractivity (Wildman–Crippen MR) is 54.2 cm³/mol. The quantitative estimate of drug-likeness (QED) is 0.479. The highest BCUT2D eigenvalue weighted by molar-refractivity contribution is 4.94. The lowest BCUT2D eigenvalue weighted by Gasteiger charge is -2.09. The van der Waals surface area contributed by atoms with Gasteiger partial charge in [0, 0.05) is 0 Å². The first-order valence-electron chi connectivity index (χ1n) is 4.96. The van der Waals surface area contributed by atoms with Crippen LogP contribution < -0.4 is 0 Å². The van der Waals surface area contributed by atoms with Gasteiger partial charge in [-0.2, -0.15) is 0 Å². The van der Waals surface area contributed by atoms with Crippen LogP contribution in [0.3, 0.4) is 0 Å². The Balaban J connectivity index is 3.25. The van der Waals surface area contributed by atoms with Crippen LogP contribution in [-0.2, 0) is 0 Å². The summed E-state index contributed by atoms with van der Waals surface area (Å²) in [4.78, 5) is 0. The van der Waals surface area contributed by atoms with E-state index in [4.69, 9.17) is 0 Å². The number of hydrogen-bond donors (Lipinski definition) is 1. The van der Waals surface area contributed by atoms with Gasteiger partial charge in [0.05, 0.1) is 5.60 Å². The molecule has 0 heterocycles. The highest BCUT2D eigenvalue weighted by Crippen LogP contribution is 2.06. The third kappa shape index (κ3) is 9.70. The van der Waals surface area contributed by atoms with Crippen molar-refractivity contribution >= 4 is 0 Å². The smallest absolute Gasteiger partial charge is 0.0771 e. The molecule has 12 heavy (non-hydrogen) atoms. The molecule has 0 atom stereocenters. The molecule has 0 spiro atoms. The minimum Gasteiger partial charge on any atom is -0.386 e. The van der Waals surface area contributed by atoms with Crippen LogP contribution in [0.5, 0.6) is 0 Å². The molecule has 0 radical (unpaired) electrons.